The number of fused-ring (bicyclic) bond motifs is 1. The number of amides is 1. The average Bonchev–Trinajstić information content (AvgIpc) is 2.53. The first-order chi connectivity index (χ1) is 11.0. The largest absolute Gasteiger partial charge is 0.424 e. The van der Waals surface area contributed by atoms with Crippen molar-refractivity contribution in [3.63, 3.8) is 0 Å². The Hall–Kier alpha value is -1.50. The first-order valence-corrected chi connectivity index (χ1v) is 8.88. The van der Waals surface area contributed by atoms with Crippen molar-refractivity contribution in [1.82, 2.24) is 0 Å². The molecule has 0 aromatic heterocycles. The van der Waals surface area contributed by atoms with Gasteiger partial charge in [0.05, 0.1) is 15.9 Å². The normalized spacial score (nSPS) is 13.7. The van der Waals surface area contributed by atoms with Crippen molar-refractivity contribution >= 4 is 56.9 Å². The molecule has 1 aliphatic rings. The lowest BCUT2D eigenvalue weighted by Gasteiger charge is -2.27. The Balaban J connectivity index is 1.76. The highest BCUT2D eigenvalue weighted by Gasteiger charge is 2.27. The maximum atomic E-state index is 12.2. The number of carbonyl (C=O) groups is 2. The molecule has 0 aliphatic carbocycles. The van der Waals surface area contributed by atoms with E-state index >= 15 is 0 Å². The Morgan fingerprint density at radius 2 is 2.09 bits per heavy atom. The molecule has 1 heterocycles. The van der Waals surface area contributed by atoms with Crippen molar-refractivity contribution in [1.29, 1.82) is 0 Å². The van der Waals surface area contributed by atoms with E-state index in [-0.39, 0.29) is 12.5 Å². The number of anilines is 1. The van der Waals surface area contributed by atoms with Crippen molar-refractivity contribution in [3.05, 3.63) is 52.0 Å². The highest BCUT2D eigenvalue weighted by molar-refractivity contribution is 9.10. The van der Waals surface area contributed by atoms with Gasteiger partial charge in [-0.3, -0.25) is 9.69 Å². The van der Waals surface area contributed by atoms with Crippen LogP contribution in [0.4, 0.5) is 5.69 Å². The molecule has 0 N–H and O–H groups in total. The molecule has 0 radical (unpaired) electrons. The predicted octanol–water partition coefficient (Wildman–Crippen LogP) is 4.15. The number of hydrogen-bond donors (Lipinski definition) is 0. The third kappa shape index (κ3) is 3.71. The zero-order valence-electron chi connectivity index (χ0n) is 11.8. The van der Waals surface area contributed by atoms with Crippen LogP contribution in [0, 0.1) is 0 Å². The predicted molar refractivity (Wildman–Crippen MR) is 94.3 cm³/mol. The molecule has 0 atom stereocenters. The van der Waals surface area contributed by atoms with Gasteiger partial charge in [-0.25, -0.2) is 4.79 Å². The number of hydrogen-bond acceptors (Lipinski definition) is 4. The van der Waals surface area contributed by atoms with Crippen LogP contribution in [0.15, 0.2) is 51.8 Å². The van der Waals surface area contributed by atoms with Crippen molar-refractivity contribution in [2.24, 2.45) is 0 Å². The van der Waals surface area contributed by atoms with Crippen molar-refractivity contribution in [2.75, 3.05) is 17.2 Å². The number of thioether (sulfide) groups is 1. The lowest BCUT2D eigenvalue weighted by Crippen LogP contribution is -2.40. The monoisotopic (exact) mass is 411 g/mol. The topological polar surface area (TPSA) is 46.6 Å². The van der Waals surface area contributed by atoms with Gasteiger partial charge in [-0.1, -0.05) is 23.7 Å². The maximum Gasteiger partial charge on any atom is 0.331 e. The van der Waals surface area contributed by atoms with Gasteiger partial charge in [0.25, 0.3) is 0 Å². The molecule has 7 heteroatoms. The Bertz CT molecular complexity index is 784. The van der Waals surface area contributed by atoms with Gasteiger partial charge in [-0.05, 0) is 46.3 Å². The first-order valence-electron chi connectivity index (χ1n) is 6.72. The molecule has 2 aromatic carbocycles. The third-order valence-electron chi connectivity index (χ3n) is 3.21. The number of benzene rings is 2. The van der Waals surface area contributed by atoms with Crippen LogP contribution >= 0.6 is 39.3 Å². The zero-order valence-corrected chi connectivity index (χ0v) is 15.0. The fourth-order valence-corrected chi connectivity index (χ4v) is 3.87. The smallest absolute Gasteiger partial charge is 0.331 e. The molecule has 0 fully saturated rings. The number of ether oxygens (including phenoxy) is 1. The van der Waals surface area contributed by atoms with Gasteiger partial charge in [-0.2, -0.15) is 0 Å². The minimum absolute atomic E-state index is 0.110. The van der Waals surface area contributed by atoms with E-state index in [4.69, 9.17) is 16.3 Å². The van der Waals surface area contributed by atoms with E-state index in [1.54, 1.807) is 18.2 Å². The molecule has 23 heavy (non-hydrogen) atoms. The number of nitrogens with zero attached hydrogens (tertiary/aromatic N) is 1. The van der Waals surface area contributed by atoms with E-state index in [9.17, 15) is 9.59 Å². The second-order valence-electron chi connectivity index (χ2n) is 4.79. The Morgan fingerprint density at radius 1 is 1.30 bits per heavy atom. The van der Waals surface area contributed by atoms with E-state index in [0.29, 0.717) is 21.0 Å². The Kier molecular flexibility index (Phi) is 4.94. The van der Waals surface area contributed by atoms with Crippen molar-refractivity contribution in [2.45, 2.75) is 4.90 Å². The van der Waals surface area contributed by atoms with E-state index in [1.165, 1.54) is 16.7 Å². The van der Waals surface area contributed by atoms with Crippen LogP contribution in [0.1, 0.15) is 0 Å². The van der Waals surface area contributed by atoms with Crippen LogP contribution in [-0.4, -0.2) is 24.2 Å². The number of rotatable bonds is 3. The van der Waals surface area contributed by atoms with Crippen LogP contribution in [0.25, 0.3) is 0 Å². The molecule has 0 bridgehead atoms. The number of halogens is 2. The fourth-order valence-electron chi connectivity index (χ4n) is 2.17. The second kappa shape index (κ2) is 6.95. The van der Waals surface area contributed by atoms with Crippen LogP contribution in [0.2, 0.25) is 5.02 Å². The minimum Gasteiger partial charge on any atom is -0.424 e. The molecule has 118 valence electrons. The van der Waals surface area contributed by atoms with Gasteiger partial charge in [0.2, 0.25) is 5.91 Å². The SMILES string of the molecule is O=C(CN1C(=O)CSc2ccccc21)Oc1ccc(Cl)cc1Br. The zero-order chi connectivity index (χ0) is 16.4. The summed E-state index contributed by atoms with van der Waals surface area (Å²) in [6.07, 6.45) is 0. The molecule has 0 saturated heterocycles. The quantitative estimate of drug-likeness (QED) is 0.561. The van der Waals surface area contributed by atoms with E-state index in [2.05, 4.69) is 15.9 Å². The first kappa shape index (κ1) is 16.4. The van der Waals surface area contributed by atoms with Gasteiger partial charge in [0.15, 0.2) is 0 Å². The lowest BCUT2D eigenvalue weighted by atomic mass is 10.2. The number of carbonyl (C=O) groups excluding carboxylic acids is 2. The summed E-state index contributed by atoms with van der Waals surface area (Å²) in [5, 5.41) is 0.536. The van der Waals surface area contributed by atoms with Crippen LogP contribution < -0.4 is 9.64 Å². The molecule has 1 aliphatic heterocycles. The summed E-state index contributed by atoms with van der Waals surface area (Å²) in [4.78, 5) is 26.8. The van der Waals surface area contributed by atoms with Crippen molar-refractivity contribution in [3.8, 4) is 5.75 Å². The number of esters is 1. The summed E-state index contributed by atoms with van der Waals surface area (Å²) in [6, 6.07) is 12.4. The van der Waals surface area contributed by atoms with E-state index in [0.717, 1.165) is 10.6 Å². The van der Waals surface area contributed by atoms with E-state index < -0.39 is 5.97 Å². The summed E-state index contributed by atoms with van der Waals surface area (Å²) in [7, 11) is 0. The van der Waals surface area contributed by atoms with Crippen molar-refractivity contribution < 1.29 is 14.3 Å². The van der Waals surface area contributed by atoms with Gasteiger partial charge in [0, 0.05) is 9.92 Å². The molecule has 0 unspecified atom stereocenters. The maximum absolute atomic E-state index is 12.2. The summed E-state index contributed by atoms with van der Waals surface area (Å²) in [5.41, 5.74) is 0.737. The Labute approximate surface area is 150 Å². The number of para-hydroxylation sites is 1. The summed E-state index contributed by atoms with van der Waals surface area (Å²) < 4.78 is 5.90. The molecular formula is C16H11BrClNO3S. The average molecular weight is 413 g/mol. The van der Waals surface area contributed by atoms with Gasteiger partial charge in [-0.15, -0.1) is 11.8 Å². The van der Waals surface area contributed by atoms with Crippen LogP contribution in [0.3, 0.4) is 0 Å². The summed E-state index contributed by atoms with van der Waals surface area (Å²) >= 11 is 10.6. The Morgan fingerprint density at radius 3 is 2.87 bits per heavy atom. The van der Waals surface area contributed by atoms with Crippen LogP contribution in [-0.2, 0) is 9.59 Å². The van der Waals surface area contributed by atoms with E-state index in [1.807, 2.05) is 24.3 Å². The highest BCUT2D eigenvalue weighted by Crippen LogP contribution is 2.35. The molecule has 4 nitrogen and oxygen atoms in total. The lowest BCUT2D eigenvalue weighted by molar-refractivity contribution is -0.134. The summed E-state index contributed by atoms with van der Waals surface area (Å²) in [5.74, 6) is 0.0602. The second-order valence-corrected chi connectivity index (χ2v) is 7.09. The molecule has 3 rings (SSSR count). The minimum atomic E-state index is -0.511. The van der Waals surface area contributed by atoms with Crippen LogP contribution in [0.5, 0.6) is 5.75 Å². The fraction of sp³-hybridized carbons (Fsp3) is 0.125. The van der Waals surface area contributed by atoms with Gasteiger partial charge in [0.1, 0.15) is 12.3 Å². The molecule has 0 spiro atoms. The standard InChI is InChI=1S/C16H11BrClNO3S/c17-11-7-10(18)5-6-13(11)22-16(21)8-19-12-3-1-2-4-14(12)23-9-15(19)20/h1-7H,8-9H2. The summed E-state index contributed by atoms with van der Waals surface area (Å²) in [6.45, 7) is -0.133. The highest BCUT2D eigenvalue weighted by atomic mass is 79.9. The molecule has 0 saturated carbocycles. The third-order valence-corrected chi connectivity index (χ3v) is 5.12. The van der Waals surface area contributed by atoms with Gasteiger partial charge >= 0.3 is 5.97 Å². The van der Waals surface area contributed by atoms with Gasteiger partial charge < -0.3 is 4.74 Å². The molecule has 2 aromatic rings. The molecular weight excluding hydrogens is 402 g/mol. The molecule has 1 amide bonds.